The van der Waals surface area contributed by atoms with Gasteiger partial charge in [0.1, 0.15) is 0 Å². The van der Waals surface area contributed by atoms with Gasteiger partial charge in [0.15, 0.2) is 0 Å². The predicted octanol–water partition coefficient (Wildman–Crippen LogP) is 3.45. The first-order chi connectivity index (χ1) is 10.8. The SMILES string of the molecule is O=C1Cc2cc(C(=O)Nc3cccc(C(F)(F)F)c3)ccc2N1. The molecule has 0 atom stereocenters. The molecular formula is C16H11F3N2O2. The molecule has 2 aromatic rings. The van der Waals surface area contributed by atoms with Gasteiger partial charge < -0.3 is 10.6 Å². The summed E-state index contributed by atoms with van der Waals surface area (Å²) < 4.78 is 38.0. The summed E-state index contributed by atoms with van der Waals surface area (Å²) in [5.74, 6) is -0.693. The lowest BCUT2D eigenvalue weighted by Gasteiger charge is -2.10. The normalized spacial score (nSPS) is 13.4. The first kappa shape index (κ1) is 15.1. The molecule has 7 heteroatoms. The summed E-state index contributed by atoms with van der Waals surface area (Å²) in [6.07, 6.45) is -4.29. The number of benzene rings is 2. The Hall–Kier alpha value is -2.83. The summed E-state index contributed by atoms with van der Waals surface area (Å²) in [5, 5.41) is 5.07. The van der Waals surface area contributed by atoms with Crippen LogP contribution in [-0.2, 0) is 17.4 Å². The molecule has 0 unspecified atom stereocenters. The molecular weight excluding hydrogens is 309 g/mol. The average Bonchev–Trinajstić information content (AvgIpc) is 2.85. The van der Waals surface area contributed by atoms with Gasteiger partial charge in [0, 0.05) is 16.9 Å². The summed E-state index contributed by atoms with van der Waals surface area (Å²) in [6, 6.07) is 9.07. The monoisotopic (exact) mass is 320 g/mol. The van der Waals surface area contributed by atoms with Crippen LogP contribution in [0.25, 0.3) is 0 Å². The number of hydrogen-bond acceptors (Lipinski definition) is 2. The molecule has 0 aliphatic carbocycles. The van der Waals surface area contributed by atoms with Crippen LogP contribution in [0, 0.1) is 0 Å². The summed E-state index contributed by atoms with van der Waals surface area (Å²) in [6.45, 7) is 0. The highest BCUT2D eigenvalue weighted by molar-refractivity contribution is 6.06. The second kappa shape index (κ2) is 5.42. The minimum atomic E-state index is -4.47. The van der Waals surface area contributed by atoms with E-state index in [1.54, 1.807) is 12.1 Å². The molecule has 0 radical (unpaired) electrons. The molecule has 2 N–H and O–H groups in total. The van der Waals surface area contributed by atoms with Crippen molar-refractivity contribution in [2.75, 3.05) is 10.6 Å². The van der Waals surface area contributed by atoms with Gasteiger partial charge in [-0.15, -0.1) is 0 Å². The van der Waals surface area contributed by atoms with Crippen LogP contribution in [0.4, 0.5) is 24.5 Å². The molecule has 0 fully saturated rings. The number of rotatable bonds is 2. The van der Waals surface area contributed by atoms with Gasteiger partial charge in [-0.25, -0.2) is 0 Å². The van der Waals surface area contributed by atoms with Crippen molar-refractivity contribution in [3.05, 3.63) is 59.2 Å². The van der Waals surface area contributed by atoms with Gasteiger partial charge in [0.2, 0.25) is 5.91 Å². The zero-order valence-corrected chi connectivity index (χ0v) is 11.7. The van der Waals surface area contributed by atoms with E-state index in [4.69, 9.17) is 0 Å². The maximum Gasteiger partial charge on any atom is 0.416 e. The summed E-state index contributed by atoms with van der Waals surface area (Å²) in [7, 11) is 0. The molecule has 0 spiro atoms. The first-order valence-corrected chi connectivity index (χ1v) is 6.74. The van der Waals surface area contributed by atoms with Crippen molar-refractivity contribution >= 4 is 23.2 Å². The van der Waals surface area contributed by atoms with E-state index < -0.39 is 17.6 Å². The Bertz CT molecular complexity index is 800. The van der Waals surface area contributed by atoms with E-state index in [2.05, 4.69) is 10.6 Å². The standard InChI is InChI=1S/C16H11F3N2O2/c17-16(18,19)11-2-1-3-12(8-11)20-15(23)9-4-5-13-10(6-9)7-14(22)21-13/h1-6,8H,7H2,(H,20,23)(H,21,22). The largest absolute Gasteiger partial charge is 0.416 e. The maximum atomic E-state index is 12.7. The molecule has 4 nitrogen and oxygen atoms in total. The highest BCUT2D eigenvalue weighted by Gasteiger charge is 2.30. The third-order valence-corrected chi connectivity index (χ3v) is 3.44. The Morgan fingerprint density at radius 3 is 2.65 bits per heavy atom. The zero-order valence-electron chi connectivity index (χ0n) is 11.7. The molecule has 23 heavy (non-hydrogen) atoms. The Morgan fingerprint density at radius 1 is 1.13 bits per heavy atom. The molecule has 3 rings (SSSR count). The van der Waals surface area contributed by atoms with E-state index in [-0.39, 0.29) is 23.6 Å². The van der Waals surface area contributed by atoms with Crippen LogP contribution in [0.5, 0.6) is 0 Å². The number of amides is 2. The van der Waals surface area contributed by atoms with Gasteiger partial charge >= 0.3 is 6.18 Å². The van der Waals surface area contributed by atoms with Gasteiger partial charge in [0.05, 0.1) is 12.0 Å². The van der Waals surface area contributed by atoms with Crippen LogP contribution in [0.3, 0.4) is 0 Å². The Morgan fingerprint density at radius 2 is 1.91 bits per heavy atom. The van der Waals surface area contributed by atoms with Crippen molar-refractivity contribution in [3.8, 4) is 0 Å². The number of carbonyl (C=O) groups excluding carboxylic acids is 2. The third kappa shape index (κ3) is 3.18. The summed E-state index contributed by atoms with van der Waals surface area (Å²) in [4.78, 5) is 23.4. The zero-order chi connectivity index (χ0) is 16.6. The number of halogens is 3. The molecule has 1 aliphatic rings. The third-order valence-electron chi connectivity index (χ3n) is 3.44. The number of carbonyl (C=O) groups is 2. The predicted molar refractivity (Wildman–Crippen MR) is 78.2 cm³/mol. The quantitative estimate of drug-likeness (QED) is 0.890. The Kier molecular flexibility index (Phi) is 3.55. The van der Waals surface area contributed by atoms with E-state index in [9.17, 15) is 22.8 Å². The molecule has 2 amide bonds. The molecule has 0 aromatic heterocycles. The molecule has 2 aromatic carbocycles. The molecule has 118 valence electrons. The minimum Gasteiger partial charge on any atom is -0.326 e. The molecule has 0 saturated carbocycles. The van der Waals surface area contributed by atoms with Crippen LogP contribution >= 0.6 is 0 Å². The van der Waals surface area contributed by atoms with Crippen LogP contribution < -0.4 is 10.6 Å². The van der Waals surface area contributed by atoms with Crippen LogP contribution in [-0.4, -0.2) is 11.8 Å². The lowest BCUT2D eigenvalue weighted by molar-refractivity contribution is -0.137. The van der Waals surface area contributed by atoms with E-state index in [1.165, 1.54) is 18.2 Å². The average molecular weight is 320 g/mol. The Balaban J connectivity index is 1.80. The highest BCUT2D eigenvalue weighted by Crippen LogP contribution is 2.31. The lowest BCUT2D eigenvalue weighted by atomic mass is 10.1. The fraction of sp³-hybridized carbons (Fsp3) is 0.125. The lowest BCUT2D eigenvalue weighted by Crippen LogP contribution is -2.13. The number of anilines is 2. The van der Waals surface area contributed by atoms with Gasteiger partial charge in [-0.3, -0.25) is 9.59 Å². The minimum absolute atomic E-state index is 0.0551. The van der Waals surface area contributed by atoms with Gasteiger partial charge in [-0.2, -0.15) is 13.2 Å². The van der Waals surface area contributed by atoms with Crippen molar-refractivity contribution in [3.63, 3.8) is 0 Å². The van der Waals surface area contributed by atoms with Gasteiger partial charge in [0.25, 0.3) is 5.91 Å². The van der Waals surface area contributed by atoms with E-state index >= 15 is 0 Å². The maximum absolute atomic E-state index is 12.7. The summed E-state index contributed by atoms with van der Waals surface area (Å²) >= 11 is 0. The topological polar surface area (TPSA) is 58.2 Å². The molecule has 0 bridgehead atoms. The first-order valence-electron chi connectivity index (χ1n) is 6.74. The molecule has 1 aliphatic heterocycles. The Labute approximate surface area is 129 Å². The highest BCUT2D eigenvalue weighted by atomic mass is 19.4. The smallest absolute Gasteiger partial charge is 0.326 e. The van der Waals surface area contributed by atoms with Crippen molar-refractivity contribution in [1.82, 2.24) is 0 Å². The second-order valence-electron chi connectivity index (χ2n) is 5.13. The number of nitrogens with one attached hydrogen (secondary N) is 2. The molecule has 0 saturated heterocycles. The second-order valence-corrected chi connectivity index (χ2v) is 5.13. The van der Waals surface area contributed by atoms with Crippen LogP contribution in [0.15, 0.2) is 42.5 Å². The van der Waals surface area contributed by atoms with E-state index in [0.717, 1.165) is 12.1 Å². The van der Waals surface area contributed by atoms with Gasteiger partial charge in [-0.05, 0) is 42.0 Å². The number of hydrogen-bond donors (Lipinski definition) is 2. The fourth-order valence-electron chi connectivity index (χ4n) is 2.35. The van der Waals surface area contributed by atoms with Crippen LogP contribution in [0.1, 0.15) is 21.5 Å². The number of alkyl halides is 3. The number of fused-ring (bicyclic) bond motifs is 1. The van der Waals surface area contributed by atoms with E-state index in [1.807, 2.05) is 0 Å². The fourth-order valence-corrected chi connectivity index (χ4v) is 2.35. The van der Waals surface area contributed by atoms with Crippen LogP contribution in [0.2, 0.25) is 0 Å². The molecule has 1 heterocycles. The summed E-state index contributed by atoms with van der Waals surface area (Å²) in [5.41, 5.74) is 0.827. The van der Waals surface area contributed by atoms with Crippen molar-refractivity contribution in [1.29, 1.82) is 0 Å². The van der Waals surface area contributed by atoms with Crippen molar-refractivity contribution < 1.29 is 22.8 Å². The van der Waals surface area contributed by atoms with Gasteiger partial charge in [-0.1, -0.05) is 6.07 Å². The van der Waals surface area contributed by atoms with Crippen molar-refractivity contribution in [2.24, 2.45) is 0 Å². The van der Waals surface area contributed by atoms with Crippen molar-refractivity contribution in [2.45, 2.75) is 12.6 Å². The van der Waals surface area contributed by atoms with E-state index in [0.29, 0.717) is 11.3 Å².